The second-order valence-electron chi connectivity index (χ2n) is 6.96. The average molecular weight is 434 g/mol. The number of nitriles is 1. The van der Waals surface area contributed by atoms with Crippen LogP contribution in [0.4, 0.5) is 23.2 Å². The van der Waals surface area contributed by atoms with Gasteiger partial charge in [-0.3, -0.25) is 14.6 Å². The van der Waals surface area contributed by atoms with Gasteiger partial charge >= 0.3 is 6.18 Å². The van der Waals surface area contributed by atoms with Gasteiger partial charge in [0.05, 0.1) is 29.4 Å². The van der Waals surface area contributed by atoms with Crippen molar-refractivity contribution >= 4 is 18.0 Å². The highest BCUT2D eigenvalue weighted by atomic mass is 19.4. The van der Waals surface area contributed by atoms with Gasteiger partial charge in [-0.2, -0.15) is 18.4 Å². The zero-order valence-corrected chi connectivity index (χ0v) is 16.3. The fraction of sp³-hybridized carbons (Fsp3) is 0.286. The molecule has 3 rings (SSSR count). The highest BCUT2D eigenvalue weighted by Crippen LogP contribution is 2.29. The smallest absolute Gasteiger partial charge is 0.303 e. The highest BCUT2D eigenvalue weighted by molar-refractivity contribution is 5.88. The number of hydrazine groups is 1. The number of amides is 2. The lowest BCUT2D eigenvalue weighted by Crippen LogP contribution is -2.55. The minimum atomic E-state index is -4.46. The molecular formula is C21H18F4N4O2. The quantitative estimate of drug-likeness (QED) is 0.495. The number of carbonyl (C=O) groups is 2. The van der Waals surface area contributed by atoms with E-state index in [1.807, 2.05) is 0 Å². The molecule has 0 spiro atoms. The van der Waals surface area contributed by atoms with Gasteiger partial charge in [0.15, 0.2) is 0 Å². The first kappa shape index (κ1) is 22.2. The summed E-state index contributed by atoms with van der Waals surface area (Å²) in [6, 6.07) is 9.78. The summed E-state index contributed by atoms with van der Waals surface area (Å²) in [6.45, 7) is 0.709. The molecule has 162 valence electrons. The number of anilines is 1. The van der Waals surface area contributed by atoms with Crippen molar-refractivity contribution in [1.29, 1.82) is 5.26 Å². The Labute approximate surface area is 175 Å². The van der Waals surface area contributed by atoms with Gasteiger partial charge < -0.3 is 4.90 Å². The molecule has 2 aromatic rings. The molecular weight excluding hydrogens is 416 g/mol. The summed E-state index contributed by atoms with van der Waals surface area (Å²) in [7, 11) is 0. The molecule has 0 bridgehead atoms. The topological polar surface area (TPSA) is 67.6 Å². The number of hydrogen-bond donors (Lipinski definition) is 0. The van der Waals surface area contributed by atoms with Crippen LogP contribution in [0.2, 0.25) is 0 Å². The number of halogens is 4. The molecule has 0 unspecified atom stereocenters. The molecule has 0 saturated carbocycles. The van der Waals surface area contributed by atoms with E-state index in [0.29, 0.717) is 25.1 Å². The van der Waals surface area contributed by atoms with Crippen LogP contribution in [-0.4, -0.2) is 42.0 Å². The first-order valence-corrected chi connectivity index (χ1v) is 9.36. The predicted octanol–water partition coefficient (Wildman–Crippen LogP) is 3.33. The number of benzene rings is 2. The molecule has 6 nitrogen and oxygen atoms in total. The minimum absolute atomic E-state index is 0.0134. The maximum Gasteiger partial charge on any atom is 0.416 e. The summed E-state index contributed by atoms with van der Waals surface area (Å²) < 4.78 is 52.6. The van der Waals surface area contributed by atoms with Gasteiger partial charge in [-0.1, -0.05) is 12.1 Å². The third-order valence-electron chi connectivity index (χ3n) is 4.89. The van der Waals surface area contributed by atoms with E-state index < -0.39 is 30.0 Å². The van der Waals surface area contributed by atoms with Crippen molar-refractivity contribution in [3.63, 3.8) is 0 Å². The molecule has 2 aromatic carbocycles. The predicted molar refractivity (Wildman–Crippen MR) is 103 cm³/mol. The second-order valence-corrected chi connectivity index (χ2v) is 6.96. The van der Waals surface area contributed by atoms with Gasteiger partial charge in [0, 0.05) is 13.1 Å². The van der Waals surface area contributed by atoms with Gasteiger partial charge in [0.25, 0.3) is 5.91 Å². The van der Waals surface area contributed by atoms with Crippen LogP contribution in [0.5, 0.6) is 0 Å². The zero-order valence-electron chi connectivity index (χ0n) is 16.3. The Hall–Kier alpha value is -3.45. The molecule has 0 atom stereocenters. The SMILES string of the molecule is N#Cc1ccc(N(C=O)CC(=O)N(Cc2ccc(C(F)(F)F)cc2)N2CCC2)c(F)c1. The van der Waals surface area contributed by atoms with Crippen molar-refractivity contribution in [1.82, 2.24) is 10.0 Å². The largest absolute Gasteiger partial charge is 0.416 e. The Morgan fingerprint density at radius 1 is 1.16 bits per heavy atom. The van der Waals surface area contributed by atoms with Crippen LogP contribution in [-0.2, 0) is 22.3 Å². The van der Waals surface area contributed by atoms with Crippen molar-refractivity contribution in [2.45, 2.75) is 19.1 Å². The number of nitrogens with zero attached hydrogens (tertiary/aromatic N) is 4. The highest BCUT2D eigenvalue weighted by Gasteiger charge is 2.31. The average Bonchev–Trinajstić information content (AvgIpc) is 2.70. The van der Waals surface area contributed by atoms with Crippen molar-refractivity contribution in [2.24, 2.45) is 0 Å². The monoisotopic (exact) mass is 434 g/mol. The Morgan fingerprint density at radius 3 is 2.32 bits per heavy atom. The van der Waals surface area contributed by atoms with Crippen LogP contribution in [0.15, 0.2) is 42.5 Å². The van der Waals surface area contributed by atoms with Crippen LogP contribution < -0.4 is 4.90 Å². The van der Waals surface area contributed by atoms with Crippen LogP contribution in [0.1, 0.15) is 23.1 Å². The normalized spacial score (nSPS) is 13.8. The molecule has 1 aliphatic heterocycles. The summed E-state index contributed by atoms with van der Waals surface area (Å²) in [4.78, 5) is 25.3. The Balaban J connectivity index is 1.77. The molecule has 1 heterocycles. The molecule has 31 heavy (non-hydrogen) atoms. The number of hydrogen-bond acceptors (Lipinski definition) is 4. The van der Waals surface area contributed by atoms with E-state index in [2.05, 4.69) is 0 Å². The fourth-order valence-electron chi connectivity index (χ4n) is 3.07. The zero-order chi connectivity index (χ0) is 22.6. The van der Waals surface area contributed by atoms with Crippen molar-refractivity contribution < 1.29 is 27.2 Å². The maximum atomic E-state index is 14.3. The van der Waals surface area contributed by atoms with Gasteiger partial charge in [-0.15, -0.1) is 0 Å². The standard InChI is InChI=1S/C21H18F4N4O2/c22-18-10-16(11-26)4-7-19(18)27(14-30)13-20(31)29(28-8-1-9-28)12-15-2-5-17(6-3-15)21(23,24)25/h2-7,10,14H,1,8-9,12-13H2. The molecule has 0 aliphatic carbocycles. The van der Waals surface area contributed by atoms with Gasteiger partial charge in [0.2, 0.25) is 6.41 Å². The van der Waals surface area contributed by atoms with Crippen LogP contribution >= 0.6 is 0 Å². The molecule has 1 aliphatic rings. The first-order chi connectivity index (χ1) is 14.7. The van der Waals surface area contributed by atoms with Gasteiger partial charge in [-0.05, 0) is 42.3 Å². The molecule has 0 radical (unpaired) electrons. The summed E-state index contributed by atoms with van der Waals surface area (Å²) in [5, 5.41) is 11.9. The summed E-state index contributed by atoms with van der Waals surface area (Å²) in [5.41, 5.74) is -0.389. The molecule has 1 fully saturated rings. The van der Waals surface area contributed by atoms with E-state index in [4.69, 9.17) is 5.26 Å². The number of rotatable bonds is 7. The Bertz CT molecular complexity index is 998. The van der Waals surface area contributed by atoms with Crippen LogP contribution in [0, 0.1) is 17.1 Å². The fourth-order valence-corrected chi connectivity index (χ4v) is 3.07. The minimum Gasteiger partial charge on any atom is -0.303 e. The third-order valence-corrected chi connectivity index (χ3v) is 4.89. The van der Waals surface area contributed by atoms with Gasteiger partial charge in [-0.25, -0.2) is 9.40 Å². The van der Waals surface area contributed by atoms with Crippen molar-refractivity contribution in [3.05, 3.63) is 65.0 Å². The van der Waals surface area contributed by atoms with E-state index in [1.165, 1.54) is 29.3 Å². The van der Waals surface area contributed by atoms with E-state index in [0.717, 1.165) is 29.5 Å². The summed E-state index contributed by atoms with van der Waals surface area (Å²) >= 11 is 0. The number of alkyl halides is 3. The van der Waals surface area contributed by atoms with E-state index in [-0.39, 0.29) is 17.8 Å². The number of carbonyl (C=O) groups excluding carboxylic acids is 2. The lowest BCUT2D eigenvalue weighted by Gasteiger charge is -2.41. The van der Waals surface area contributed by atoms with E-state index in [1.54, 1.807) is 11.1 Å². The third kappa shape index (κ3) is 5.19. The lowest BCUT2D eigenvalue weighted by atomic mass is 10.1. The Kier molecular flexibility index (Phi) is 6.56. The van der Waals surface area contributed by atoms with Crippen molar-refractivity contribution in [3.8, 4) is 6.07 Å². The first-order valence-electron chi connectivity index (χ1n) is 9.36. The second kappa shape index (κ2) is 9.14. The van der Waals surface area contributed by atoms with E-state index in [9.17, 15) is 27.2 Å². The van der Waals surface area contributed by atoms with Crippen molar-refractivity contribution in [2.75, 3.05) is 24.5 Å². The molecule has 1 saturated heterocycles. The lowest BCUT2D eigenvalue weighted by molar-refractivity contribution is -0.157. The van der Waals surface area contributed by atoms with Crippen LogP contribution in [0.25, 0.3) is 0 Å². The summed E-state index contributed by atoms with van der Waals surface area (Å²) in [6.07, 6.45) is -3.30. The molecule has 0 aromatic heterocycles. The van der Waals surface area contributed by atoms with E-state index >= 15 is 0 Å². The Morgan fingerprint density at radius 2 is 1.84 bits per heavy atom. The molecule has 10 heteroatoms. The molecule has 2 amide bonds. The van der Waals surface area contributed by atoms with Gasteiger partial charge in [0.1, 0.15) is 12.4 Å². The maximum absolute atomic E-state index is 14.3. The molecule has 0 N–H and O–H groups in total. The summed E-state index contributed by atoms with van der Waals surface area (Å²) in [5.74, 6) is -1.34. The van der Waals surface area contributed by atoms with Crippen LogP contribution in [0.3, 0.4) is 0 Å².